The van der Waals surface area contributed by atoms with E-state index in [9.17, 15) is 5.11 Å². The van der Waals surface area contributed by atoms with Crippen molar-refractivity contribution in [3.63, 3.8) is 0 Å². The number of likely N-dealkylation sites (N-methyl/N-ethyl adjacent to an activating group) is 1. The van der Waals surface area contributed by atoms with E-state index in [1.165, 1.54) is 6.42 Å². The van der Waals surface area contributed by atoms with E-state index in [0.29, 0.717) is 0 Å². The zero-order valence-electron chi connectivity index (χ0n) is 10.8. The van der Waals surface area contributed by atoms with Crippen molar-refractivity contribution in [2.24, 2.45) is 0 Å². The third-order valence-corrected chi connectivity index (χ3v) is 3.48. The minimum absolute atomic E-state index is 0.157. The van der Waals surface area contributed by atoms with Gasteiger partial charge in [0.1, 0.15) is 0 Å². The van der Waals surface area contributed by atoms with E-state index in [-0.39, 0.29) is 12.1 Å². The predicted molar refractivity (Wildman–Crippen MR) is 68.2 cm³/mol. The molecule has 0 radical (unpaired) electrons. The van der Waals surface area contributed by atoms with E-state index in [0.717, 1.165) is 36.6 Å². The molecule has 1 aromatic rings. The molecule has 0 saturated heterocycles. The molecule has 1 saturated carbocycles. The average molecular weight is 235 g/mol. The first kappa shape index (κ1) is 12.3. The summed E-state index contributed by atoms with van der Waals surface area (Å²) in [5.41, 5.74) is 1.95. The first-order chi connectivity index (χ1) is 8.08. The van der Waals surface area contributed by atoms with Gasteiger partial charge < -0.3 is 10.0 Å². The number of rotatable bonds is 2. The summed E-state index contributed by atoms with van der Waals surface area (Å²) < 4.78 is 0. The zero-order chi connectivity index (χ0) is 12.4. The third-order valence-electron chi connectivity index (χ3n) is 3.48. The van der Waals surface area contributed by atoms with Gasteiger partial charge in [-0.2, -0.15) is 0 Å². The Bertz CT molecular complexity index is 374. The Balaban J connectivity index is 2.20. The summed E-state index contributed by atoms with van der Waals surface area (Å²) in [6.07, 6.45) is 3.96. The lowest BCUT2D eigenvalue weighted by atomic mass is 9.92. The minimum Gasteiger partial charge on any atom is -0.391 e. The molecule has 0 spiro atoms. The molecule has 1 N–H and O–H groups in total. The molecule has 0 bridgehead atoms. The molecule has 2 atom stereocenters. The van der Waals surface area contributed by atoms with Crippen LogP contribution in [0.2, 0.25) is 0 Å². The van der Waals surface area contributed by atoms with Gasteiger partial charge in [0.2, 0.25) is 5.95 Å². The lowest BCUT2D eigenvalue weighted by Gasteiger charge is -2.35. The van der Waals surface area contributed by atoms with E-state index in [4.69, 9.17) is 0 Å². The van der Waals surface area contributed by atoms with Crippen molar-refractivity contribution in [3.05, 3.63) is 17.5 Å². The van der Waals surface area contributed by atoms with Crippen molar-refractivity contribution < 1.29 is 5.11 Å². The Morgan fingerprint density at radius 1 is 1.18 bits per heavy atom. The maximum atomic E-state index is 10.0. The van der Waals surface area contributed by atoms with Crippen LogP contribution in [0.3, 0.4) is 0 Å². The summed E-state index contributed by atoms with van der Waals surface area (Å²) in [6.45, 7) is 3.95. The van der Waals surface area contributed by atoms with Gasteiger partial charge >= 0.3 is 0 Å². The van der Waals surface area contributed by atoms with Crippen molar-refractivity contribution in [1.82, 2.24) is 9.97 Å². The van der Waals surface area contributed by atoms with Gasteiger partial charge in [0.05, 0.1) is 12.1 Å². The molecule has 1 heterocycles. The molecule has 2 unspecified atom stereocenters. The molecular weight excluding hydrogens is 214 g/mol. The summed E-state index contributed by atoms with van der Waals surface area (Å²) >= 11 is 0. The maximum absolute atomic E-state index is 10.0. The quantitative estimate of drug-likeness (QED) is 0.849. The van der Waals surface area contributed by atoms with Crippen molar-refractivity contribution in [3.8, 4) is 0 Å². The molecule has 1 aliphatic carbocycles. The molecule has 1 fully saturated rings. The van der Waals surface area contributed by atoms with Gasteiger partial charge in [-0.1, -0.05) is 12.8 Å². The van der Waals surface area contributed by atoms with Gasteiger partial charge in [-0.3, -0.25) is 0 Å². The van der Waals surface area contributed by atoms with Crippen molar-refractivity contribution in [2.45, 2.75) is 51.7 Å². The van der Waals surface area contributed by atoms with Gasteiger partial charge in [-0.05, 0) is 32.8 Å². The van der Waals surface area contributed by atoms with Gasteiger partial charge in [0.25, 0.3) is 0 Å². The van der Waals surface area contributed by atoms with E-state index < -0.39 is 0 Å². The molecule has 0 aliphatic heterocycles. The Morgan fingerprint density at radius 3 is 2.35 bits per heavy atom. The van der Waals surface area contributed by atoms with Gasteiger partial charge in [-0.15, -0.1) is 0 Å². The number of aliphatic hydroxyl groups is 1. The molecule has 4 heteroatoms. The Hall–Kier alpha value is -1.16. The van der Waals surface area contributed by atoms with Crippen LogP contribution in [0.1, 0.15) is 37.1 Å². The highest BCUT2D eigenvalue weighted by Gasteiger charge is 2.28. The molecular formula is C13H21N3O. The fourth-order valence-electron chi connectivity index (χ4n) is 2.56. The predicted octanol–water partition coefficient (Wildman–Crippen LogP) is 1.83. The SMILES string of the molecule is Cc1cc(C)nc(N(C)C2CCCCC2O)n1. The Labute approximate surface area is 103 Å². The van der Waals surface area contributed by atoms with Crippen LogP contribution >= 0.6 is 0 Å². The highest BCUT2D eigenvalue weighted by Crippen LogP contribution is 2.24. The average Bonchev–Trinajstić information content (AvgIpc) is 2.27. The van der Waals surface area contributed by atoms with Gasteiger partial charge in [0.15, 0.2) is 0 Å². The molecule has 1 aromatic heterocycles. The van der Waals surface area contributed by atoms with Gasteiger partial charge in [0, 0.05) is 18.4 Å². The van der Waals surface area contributed by atoms with Crippen molar-refractivity contribution in [2.75, 3.05) is 11.9 Å². The number of aromatic nitrogens is 2. The van der Waals surface area contributed by atoms with Crippen LogP contribution in [0.5, 0.6) is 0 Å². The number of hydrogen-bond acceptors (Lipinski definition) is 4. The summed E-state index contributed by atoms with van der Waals surface area (Å²) in [4.78, 5) is 10.9. The highest BCUT2D eigenvalue weighted by atomic mass is 16.3. The fraction of sp³-hybridized carbons (Fsp3) is 0.692. The molecule has 0 aromatic carbocycles. The van der Waals surface area contributed by atoms with Crippen LogP contribution in [-0.4, -0.2) is 34.3 Å². The number of nitrogens with zero attached hydrogens (tertiary/aromatic N) is 3. The smallest absolute Gasteiger partial charge is 0.225 e. The van der Waals surface area contributed by atoms with E-state index in [1.54, 1.807) is 0 Å². The third kappa shape index (κ3) is 2.75. The highest BCUT2D eigenvalue weighted by molar-refractivity contribution is 5.33. The molecule has 2 rings (SSSR count). The summed E-state index contributed by atoms with van der Waals surface area (Å²) in [5, 5.41) is 10.0. The van der Waals surface area contributed by atoms with Crippen LogP contribution in [0.25, 0.3) is 0 Å². The van der Waals surface area contributed by atoms with E-state index in [2.05, 4.69) is 9.97 Å². The van der Waals surface area contributed by atoms with Crippen LogP contribution in [0.15, 0.2) is 6.07 Å². The number of anilines is 1. The van der Waals surface area contributed by atoms with Gasteiger partial charge in [-0.25, -0.2) is 9.97 Å². The van der Waals surface area contributed by atoms with Crippen LogP contribution < -0.4 is 4.90 Å². The second-order valence-electron chi connectivity index (χ2n) is 4.98. The van der Waals surface area contributed by atoms with Crippen molar-refractivity contribution in [1.29, 1.82) is 0 Å². The van der Waals surface area contributed by atoms with Crippen LogP contribution in [-0.2, 0) is 0 Å². The summed E-state index contributed by atoms with van der Waals surface area (Å²) in [5.74, 6) is 0.730. The minimum atomic E-state index is -0.252. The second-order valence-corrected chi connectivity index (χ2v) is 4.98. The van der Waals surface area contributed by atoms with Crippen LogP contribution in [0, 0.1) is 13.8 Å². The topological polar surface area (TPSA) is 49.2 Å². The van der Waals surface area contributed by atoms with Crippen molar-refractivity contribution >= 4 is 5.95 Å². The number of hydrogen-bond donors (Lipinski definition) is 1. The fourth-order valence-corrected chi connectivity index (χ4v) is 2.56. The molecule has 1 aliphatic rings. The standard InChI is InChI=1S/C13H21N3O/c1-9-8-10(2)15-13(14-9)16(3)11-6-4-5-7-12(11)17/h8,11-12,17H,4-7H2,1-3H3. The molecule has 4 nitrogen and oxygen atoms in total. The number of aryl methyl sites for hydroxylation is 2. The number of aliphatic hydroxyl groups excluding tert-OH is 1. The first-order valence-electron chi connectivity index (χ1n) is 6.31. The van der Waals surface area contributed by atoms with E-state index >= 15 is 0 Å². The molecule has 94 valence electrons. The zero-order valence-corrected chi connectivity index (χ0v) is 10.8. The monoisotopic (exact) mass is 235 g/mol. The Morgan fingerprint density at radius 2 is 1.76 bits per heavy atom. The largest absolute Gasteiger partial charge is 0.391 e. The summed E-state index contributed by atoms with van der Waals surface area (Å²) in [7, 11) is 1.98. The summed E-state index contributed by atoms with van der Waals surface area (Å²) in [6, 6.07) is 2.12. The van der Waals surface area contributed by atoms with Crippen LogP contribution in [0.4, 0.5) is 5.95 Å². The molecule has 0 amide bonds. The lowest BCUT2D eigenvalue weighted by Crippen LogP contribution is -2.44. The lowest BCUT2D eigenvalue weighted by molar-refractivity contribution is 0.105. The normalized spacial score (nSPS) is 24.7. The second kappa shape index (κ2) is 5.00. The first-order valence-corrected chi connectivity index (χ1v) is 6.31. The molecule has 17 heavy (non-hydrogen) atoms. The Kier molecular flexibility index (Phi) is 3.62. The maximum Gasteiger partial charge on any atom is 0.225 e. The van der Waals surface area contributed by atoms with E-state index in [1.807, 2.05) is 31.9 Å².